The van der Waals surface area contributed by atoms with Crippen LogP contribution in [0.3, 0.4) is 0 Å². The molecule has 1 rings (SSSR count). The average Bonchev–Trinajstić information content (AvgIpc) is 2.63. The van der Waals surface area contributed by atoms with Gasteiger partial charge in [0.25, 0.3) is 0 Å². The summed E-state index contributed by atoms with van der Waals surface area (Å²) in [5, 5.41) is 0. The molecule has 0 aromatic carbocycles. The third kappa shape index (κ3) is 3.54. The van der Waals surface area contributed by atoms with Crippen LogP contribution in [-0.4, -0.2) is 18.3 Å². The van der Waals surface area contributed by atoms with Crippen LogP contribution >= 0.6 is 0 Å². The minimum Gasteiger partial charge on any atom is -0.383 e. The smallest absolute Gasteiger partial charge is 0.0641 e. The minimum absolute atomic E-state index is 0.801. The quantitative estimate of drug-likeness (QED) is 0.610. The SMILES string of the molecule is CCCCCc1cccn1CCOC. The zero-order valence-corrected chi connectivity index (χ0v) is 9.33. The Morgan fingerprint density at radius 3 is 2.93 bits per heavy atom. The molecule has 0 saturated heterocycles. The van der Waals surface area contributed by atoms with Crippen molar-refractivity contribution in [2.24, 2.45) is 0 Å². The standard InChI is InChI=1S/C12H21NO/c1-3-4-5-7-12-8-6-9-13(12)10-11-14-2/h6,8-9H,3-5,7,10-11H2,1-2H3. The Labute approximate surface area is 86.9 Å². The monoisotopic (exact) mass is 195 g/mol. The van der Waals surface area contributed by atoms with Gasteiger partial charge in [0.1, 0.15) is 0 Å². The fraction of sp³-hybridized carbons (Fsp3) is 0.667. The predicted molar refractivity (Wildman–Crippen MR) is 59.5 cm³/mol. The summed E-state index contributed by atoms with van der Waals surface area (Å²) < 4.78 is 7.37. The van der Waals surface area contributed by atoms with E-state index in [1.165, 1.54) is 31.4 Å². The molecule has 0 N–H and O–H groups in total. The molecule has 1 aromatic heterocycles. The molecule has 0 aliphatic heterocycles. The maximum atomic E-state index is 5.07. The number of nitrogens with zero attached hydrogens (tertiary/aromatic N) is 1. The molecule has 0 unspecified atom stereocenters. The third-order valence-corrected chi connectivity index (χ3v) is 2.50. The zero-order valence-electron chi connectivity index (χ0n) is 9.33. The fourth-order valence-electron chi connectivity index (χ4n) is 1.64. The lowest BCUT2D eigenvalue weighted by atomic mass is 10.1. The van der Waals surface area contributed by atoms with Crippen molar-refractivity contribution in [1.82, 2.24) is 4.57 Å². The Morgan fingerprint density at radius 2 is 2.21 bits per heavy atom. The van der Waals surface area contributed by atoms with Gasteiger partial charge in [0.15, 0.2) is 0 Å². The van der Waals surface area contributed by atoms with Crippen LogP contribution in [0.2, 0.25) is 0 Å². The molecule has 0 saturated carbocycles. The van der Waals surface area contributed by atoms with Gasteiger partial charge in [0.05, 0.1) is 6.61 Å². The van der Waals surface area contributed by atoms with Gasteiger partial charge in [-0.1, -0.05) is 19.8 Å². The van der Waals surface area contributed by atoms with Crippen molar-refractivity contribution in [2.45, 2.75) is 39.2 Å². The highest BCUT2D eigenvalue weighted by molar-refractivity contribution is 5.07. The normalized spacial score (nSPS) is 10.7. The van der Waals surface area contributed by atoms with Crippen LogP contribution in [-0.2, 0) is 17.7 Å². The molecule has 1 aromatic rings. The lowest BCUT2D eigenvalue weighted by Crippen LogP contribution is -2.06. The molecule has 0 spiro atoms. The molecule has 2 nitrogen and oxygen atoms in total. The van der Waals surface area contributed by atoms with Crippen LogP contribution in [0.1, 0.15) is 31.9 Å². The first-order valence-corrected chi connectivity index (χ1v) is 5.51. The highest BCUT2D eigenvalue weighted by Gasteiger charge is 1.99. The second kappa shape index (κ2) is 6.66. The molecule has 0 aliphatic rings. The molecule has 2 heteroatoms. The second-order valence-electron chi connectivity index (χ2n) is 3.64. The Morgan fingerprint density at radius 1 is 1.36 bits per heavy atom. The molecule has 14 heavy (non-hydrogen) atoms. The molecule has 0 radical (unpaired) electrons. The van der Waals surface area contributed by atoms with E-state index in [-0.39, 0.29) is 0 Å². The number of rotatable bonds is 7. The maximum absolute atomic E-state index is 5.07. The number of aryl methyl sites for hydroxylation is 1. The van der Waals surface area contributed by atoms with Crippen LogP contribution in [0, 0.1) is 0 Å². The summed E-state index contributed by atoms with van der Waals surface area (Å²) in [6.45, 7) is 4.02. The molecular formula is C12H21NO. The molecule has 0 aliphatic carbocycles. The predicted octanol–water partition coefficient (Wildman–Crippen LogP) is 2.87. The van der Waals surface area contributed by atoms with Gasteiger partial charge in [0, 0.05) is 25.5 Å². The summed E-state index contributed by atoms with van der Waals surface area (Å²) in [7, 11) is 1.75. The molecule has 1 heterocycles. The first kappa shape index (κ1) is 11.3. The van der Waals surface area contributed by atoms with Crippen LogP contribution in [0.5, 0.6) is 0 Å². The van der Waals surface area contributed by atoms with Gasteiger partial charge in [-0.15, -0.1) is 0 Å². The Kier molecular flexibility index (Phi) is 5.38. The summed E-state index contributed by atoms with van der Waals surface area (Å²) in [6.07, 6.45) is 7.26. The van der Waals surface area contributed by atoms with E-state index in [2.05, 4.69) is 29.8 Å². The van der Waals surface area contributed by atoms with Crippen molar-refractivity contribution in [3.63, 3.8) is 0 Å². The molecule has 0 bridgehead atoms. The van der Waals surface area contributed by atoms with E-state index in [0.717, 1.165) is 13.2 Å². The Balaban J connectivity index is 2.37. The van der Waals surface area contributed by atoms with Crippen molar-refractivity contribution < 1.29 is 4.74 Å². The van der Waals surface area contributed by atoms with Crippen molar-refractivity contribution in [3.05, 3.63) is 24.0 Å². The van der Waals surface area contributed by atoms with Gasteiger partial charge in [-0.3, -0.25) is 0 Å². The van der Waals surface area contributed by atoms with Gasteiger partial charge in [0.2, 0.25) is 0 Å². The average molecular weight is 195 g/mol. The molecule has 0 fully saturated rings. The molecular weight excluding hydrogens is 174 g/mol. The number of ether oxygens (including phenoxy) is 1. The van der Waals surface area contributed by atoms with Gasteiger partial charge in [-0.2, -0.15) is 0 Å². The Bertz CT molecular complexity index is 242. The maximum Gasteiger partial charge on any atom is 0.0641 e. The summed E-state index contributed by atoms with van der Waals surface area (Å²) in [4.78, 5) is 0. The Hall–Kier alpha value is -0.760. The number of hydrogen-bond acceptors (Lipinski definition) is 1. The number of aromatic nitrogens is 1. The van der Waals surface area contributed by atoms with Crippen molar-refractivity contribution >= 4 is 0 Å². The van der Waals surface area contributed by atoms with Gasteiger partial charge < -0.3 is 9.30 Å². The highest BCUT2D eigenvalue weighted by atomic mass is 16.5. The lowest BCUT2D eigenvalue weighted by molar-refractivity contribution is 0.186. The third-order valence-electron chi connectivity index (χ3n) is 2.50. The van der Waals surface area contributed by atoms with Crippen molar-refractivity contribution in [2.75, 3.05) is 13.7 Å². The largest absolute Gasteiger partial charge is 0.383 e. The number of hydrogen-bond donors (Lipinski definition) is 0. The highest BCUT2D eigenvalue weighted by Crippen LogP contribution is 2.08. The van der Waals surface area contributed by atoms with E-state index in [0.29, 0.717) is 0 Å². The van der Waals surface area contributed by atoms with Gasteiger partial charge in [-0.05, 0) is 25.0 Å². The first-order chi connectivity index (χ1) is 6.88. The lowest BCUT2D eigenvalue weighted by Gasteiger charge is -2.08. The van der Waals surface area contributed by atoms with E-state index < -0.39 is 0 Å². The topological polar surface area (TPSA) is 14.2 Å². The van der Waals surface area contributed by atoms with Gasteiger partial charge >= 0.3 is 0 Å². The minimum atomic E-state index is 0.801. The summed E-state index contributed by atoms with van der Waals surface area (Å²) in [6, 6.07) is 4.34. The summed E-state index contributed by atoms with van der Waals surface area (Å²) >= 11 is 0. The first-order valence-electron chi connectivity index (χ1n) is 5.51. The second-order valence-corrected chi connectivity index (χ2v) is 3.64. The fourth-order valence-corrected chi connectivity index (χ4v) is 1.64. The van der Waals surface area contributed by atoms with E-state index in [4.69, 9.17) is 4.74 Å². The van der Waals surface area contributed by atoms with Crippen LogP contribution in [0.15, 0.2) is 18.3 Å². The van der Waals surface area contributed by atoms with Gasteiger partial charge in [-0.25, -0.2) is 0 Å². The van der Waals surface area contributed by atoms with E-state index in [1.54, 1.807) is 7.11 Å². The molecule has 0 amide bonds. The molecule has 80 valence electrons. The summed E-state index contributed by atoms with van der Waals surface area (Å²) in [5.41, 5.74) is 1.44. The van der Waals surface area contributed by atoms with E-state index >= 15 is 0 Å². The van der Waals surface area contributed by atoms with Crippen molar-refractivity contribution in [1.29, 1.82) is 0 Å². The zero-order chi connectivity index (χ0) is 10.2. The van der Waals surface area contributed by atoms with Crippen LogP contribution in [0.4, 0.5) is 0 Å². The number of methoxy groups -OCH3 is 1. The number of unbranched alkanes of at least 4 members (excludes halogenated alkanes) is 2. The van der Waals surface area contributed by atoms with Crippen LogP contribution in [0.25, 0.3) is 0 Å². The van der Waals surface area contributed by atoms with E-state index in [9.17, 15) is 0 Å². The summed E-state index contributed by atoms with van der Waals surface area (Å²) in [5.74, 6) is 0. The molecule has 0 atom stereocenters. The van der Waals surface area contributed by atoms with Crippen LogP contribution < -0.4 is 0 Å². The van der Waals surface area contributed by atoms with E-state index in [1.807, 2.05) is 0 Å². The van der Waals surface area contributed by atoms with Crippen molar-refractivity contribution in [3.8, 4) is 0 Å².